The first-order chi connectivity index (χ1) is 27.7. The number of carbonyl (C=O) groups excluding carboxylic acids is 6. The van der Waals surface area contributed by atoms with Crippen molar-refractivity contribution in [1.29, 1.82) is 0 Å². The van der Waals surface area contributed by atoms with E-state index in [0.717, 1.165) is 24.0 Å². The predicted octanol–water partition coefficient (Wildman–Crippen LogP) is 4.27. The fourth-order valence-electron chi connectivity index (χ4n) is 6.56. The van der Waals surface area contributed by atoms with Gasteiger partial charge in [0.1, 0.15) is 24.2 Å². The van der Waals surface area contributed by atoms with Crippen LogP contribution in [0.2, 0.25) is 0 Å². The second kappa shape index (κ2) is 23.0. The van der Waals surface area contributed by atoms with Crippen molar-refractivity contribution in [2.45, 2.75) is 97.0 Å². The van der Waals surface area contributed by atoms with Crippen molar-refractivity contribution < 1.29 is 43.3 Å². The molecule has 0 bridgehead atoms. The number of nitrogens with zero attached hydrogens (tertiary/aromatic N) is 1. The normalized spacial score (nSPS) is 14.2. The molecule has 0 heterocycles. The van der Waals surface area contributed by atoms with Crippen LogP contribution in [0.15, 0.2) is 84.9 Å². The molecule has 0 radical (unpaired) electrons. The molecule has 0 fully saturated rings. The first kappa shape index (κ1) is 46.8. The van der Waals surface area contributed by atoms with Crippen LogP contribution in [-0.2, 0) is 46.5 Å². The van der Waals surface area contributed by atoms with E-state index in [0.29, 0.717) is 22.4 Å². The molecule has 0 aliphatic carbocycles. The largest absolute Gasteiger partial charge is 0.467 e. The van der Waals surface area contributed by atoms with Gasteiger partial charge in [-0.1, -0.05) is 119 Å². The van der Waals surface area contributed by atoms with Crippen LogP contribution in [-0.4, -0.2) is 89.6 Å². The molecule has 3 aromatic rings. The van der Waals surface area contributed by atoms with Crippen molar-refractivity contribution >= 4 is 35.7 Å². The summed E-state index contributed by atoms with van der Waals surface area (Å²) in [5.41, 5.74) is 6.77. The molecule has 0 aliphatic heterocycles. The molecule has 0 saturated carbocycles. The maximum atomic E-state index is 15.0. The standard InChI is InChI=1S/C44H59N5O9/c1-7-8-11-24-37(51)48-44(42(55)47-38(29(2)3)41(54)57-6,25-34-22-16-17-23-36(34)33-20-14-10-15-21-33)35(27-50)26-46-39(52)31(5)49(40(53)30(4)45)43(56)58-28-32-18-12-9-13-19-32/h9-10,12-23,29-31,35,38,50H,7-8,11,24-28,45H2,1-6H3,(H,46,52)(H,47,55)(H,48,51)/t30-,31-,35?,38?,44+/m0/s1. The number of esters is 1. The summed E-state index contributed by atoms with van der Waals surface area (Å²) < 4.78 is 10.4. The van der Waals surface area contributed by atoms with Gasteiger partial charge in [0.25, 0.3) is 0 Å². The molecule has 14 heteroatoms. The molecule has 0 aromatic heterocycles. The summed E-state index contributed by atoms with van der Waals surface area (Å²) in [7, 11) is 1.20. The lowest BCUT2D eigenvalue weighted by atomic mass is 9.76. The Labute approximate surface area is 341 Å². The van der Waals surface area contributed by atoms with Gasteiger partial charge in [-0.2, -0.15) is 0 Å². The SMILES string of the molecule is CCCCCC(=O)N[C@@](Cc1ccccc1-c1ccccc1)(C(=O)NC(C(=O)OC)C(C)C)C(CO)CNC(=O)[C@H](C)N(C(=O)OCc1ccccc1)C(=O)[C@H](C)N. The highest BCUT2D eigenvalue weighted by molar-refractivity contribution is 6.00. The third-order valence-electron chi connectivity index (χ3n) is 9.99. The minimum absolute atomic E-state index is 0.0643. The molecule has 5 amide bonds. The van der Waals surface area contributed by atoms with E-state index >= 15 is 0 Å². The van der Waals surface area contributed by atoms with Gasteiger partial charge in [-0.3, -0.25) is 19.2 Å². The molecule has 314 valence electrons. The number of hydrogen-bond donors (Lipinski definition) is 5. The lowest BCUT2D eigenvalue weighted by Crippen LogP contribution is -2.69. The Balaban J connectivity index is 2.11. The highest BCUT2D eigenvalue weighted by atomic mass is 16.6. The number of benzene rings is 3. The molecular weight excluding hydrogens is 743 g/mol. The number of carbonyl (C=O) groups is 6. The third kappa shape index (κ3) is 12.7. The van der Waals surface area contributed by atoms with Gasteiger partial charge in [0.2, 0.25) is 23.6 Å². The van der Waals surface area contributed by atoms with Gasteiger partial charge in [-0.05, 0) is 48.4 Å². The molecular formula is C44H59N5O9. The Morgan fingerprint density at radius 2 is 1.48 bits per heavy atom. The van der Waals surface area contributed by atoms with E-state index in [9.17, 15) is 33.9 Å². The Morgan fingerprint density at radius 1 is 0.862 bits per heavy atom. The van der Waals surface area contributed by atoms with Crippen molar-refractivity contribution in [3.63, 3.8) is 0 Å². The summed E-state index contributed by atoms with van der Waals surface area (Å²) in [6.45, 7) is 6.82. The monoisotopic (exact) mass is 801 g/mol. The Bertz CT molecular complexity index is 1820. The summed E-state index contributed by atoms with van der Waals surface area (Å²) in [5, 5.41) is 19.6. The lowest BCUT2D eigenvalue weighted by Gasteiger charge is -2.41. The Hall–Kier alpha value is -5.60. The summed E-state index contributed by atoms with van der Waals surface area (Å²) in [6, 6.07) is 21.8. The van der Waals surface area contributed by atoms with Gasteiger partial charge in [0.15, 0.2) is 0 Å². The van der Waals surface area contributed by atoms with Crippen LogP contribution < -0.4 is 21.7 Å². The van der Waals surface area contributed by atoms with E-state index in [1.54, 1.807) is 50.2 Å². The predicted molar refractivity (Wildman–Crippen MR) is 220 cm³/mol. The zero-order valence-electron chi connectivity index (χ0n) is 34.4. The molecule has 0 saturated heterocycles. The Kier molecular flexibility index (Phi) is 18.5. The second-order valence-corrected chi connectivity index (χ2v) is 14.7. The molecule has 6 N–H and O–H groups in total. The summed E-state index contributed by atoms with van der Waals surface area (Å²) in [4.78, 5) is 82.9. The Morgan fingerprint density at radius 3 is 2.07 bits per heavy atom. The average Bonchev–Trinajstić information content (AvgIpc) is 3.22. The van der Waals surface area contributed by atoms with E-state index in [4.69, 9.17) is 15.2 Å². The van der Waals surface area contributed by atoms with Gasteiger partial charge >= 0.3 is 12.1 Å². The van der Waals surface area contributed by atoms with Gasteiger partial charge in [-0.15, -0.1) is 0 Å². The quantitative estimate of drug-likeness (QED) is 0.0764. The van der Waals surface area contributed by atoms with E-state index in [1.165, 1.54) is 21.0 Å². The van der Waals surface area contributed by atoms with Crippen LogP contribution in [0.25, 0.3) is 11.1 Å². The van der Waals surface area contributed by atoms with Crippen molar-refractivity contribution in [3.8, 4) is 11.1 Å². The first-order valence-electron chi connectivity index (χ1n) is 19.7. The van der Waals surface area contributed by atoms with E-state index in [2.05, 4.69) is 16.0 Å². The molecule has 58 heavy (non-hydrogen) atoms. The minimum Gasteiger partial charge on any atom is -0.467 e. The van der Waals surface area contributed by atoms with Crippen LogP contribution in [0.4, 0.5) is 4.79 Å². The number of rotatable bonds is 21. The molecule has 0 aliphatic rings. The number of methoxy groups -OCH3 is 1. The molecule has 3 rings (SSSR count). The maximum absolute atomic E-state index is 15.0. The van der Waals surface area contributed by atoms with Crippen molar-refractivity contribution in [2.24, 2.45) is 17.6 Å². The van der Waals surface area contributed by atoms with Crippen LogP contribution in [0.3, 0.4) is 0 Å². The van der Waals surface area contributed by atoms with Gasteiger partial charge < -0.3 is 36.3 Å². The highest BCUT2D eigenvalue weighted by Crippen LogP contribution is 2.31. The second-order valence-electron chi connectivity index (χ2n) is 14.7. The number of imide groups is 1. The number of nitrogens with one attached hydrogen (secondary N) is 3. The maximum Gasteiger partial charge on any atom is 0.417 e. The topological polar surface area (TPSA) is 206 Å². The zero-order valence-corrected chi connectivity index (χ0v) is 34.4. The molecule has 2 unspecified atom stereocenters. The number of ether oxygens (including phenoxy) is 2. The molecule has 5 atom stereocenters. The number of aliphatic hydroxyl groups excluding tert-OH is 1. The summed E-state index contributed by atoms with van der Waals surface area (Å²) >= 11 is 0. The van der Waals surface area contributed by atoms with Crippen molar-refractivity contribution in [3.05, 3.63) is 96.1 Å². The van der Waals surface area contributed by atoms with E-state index in [1.807, 2.05) is 55.5 Å². The number of hydrogen-bond acceptors (Lipinski definition) is 10. The van der Waals surface area contributed by atoms with Crippen LogP contribution in [0.5, 0.6) is 0 Å². The van der Waals surface area contributed by atoms with Gasteiger partial charge in [0.05, 0.1) is 19.8 Å². The fourth-order valence-corrected chi connectivity index (χ4v) is 6.56. The van der Waals surface area contributed by atoms with E-state index < -0.39 is 84.3 Å². The van der Waals surface area contributed by atoms with E-state index in [-0.39, 0.29) is 19.4 Å². The molecule has 3 aromatic carbocycles. The summed E-state index contributed by atoms with van der Waals surface area (Å²) in [5.74, 6) is -5.34. The van der Waals surface area contributed by atoms with Gasteiger partial charge in [0, 0.05) is 25.3 Å². The number of aliphatic hydroxyl groups is 1. The average molecular weight is 802 g/mol. The van der Waals surface area contributed by atoms with Crippen LogP contribution >= 0.6 is 0 Å². The number of amides is 5. The fraction of sp³-hybridized carbons (Fsp3) is 0.455. The van der Waals surface area contributed by atoms with Gasteiger partial charge in [-0.25, -0.2) is 14.5 Å². The highest BCUT2D eigenvalue weighted by Gasteiger charge is 2.49. The summed E-state index contributed by atoms with van der Waals surface area (Å²) in [6.07, 6.45) is 0.912. The zero-order chi connectivity index (χ0) is 42.8. The smallest absolute Gasteiger partial charge is 0.417 e. The number of unbranched alkanes of at least 4 members (excludes halogenated alkanes) is 2. The van der Waals surface area contributed by atoms with Crippen molar-refractivity contribution in [2.75, 3.05) is 20.3 Å². The lowest BCUT2D eigenvalue weighted by molar-refractivity contribution is -0.148. The van der Waals surface area contributed by atoms with Crippen LogP contribution in [0.1, 0.15) is 71.4 Å². The molecule has 0 spiro atoms. The number of nitrogens with two attached hydrogens (primary N) is 1. The molecule has 14 nitrogen and oxygen atoms in total. The van der Waals surface area contributed by atoms with Crippen molar-refractivity contribution in [1.82, 2.24) is 20.9 Å². The first-order valence-corrected chi connectivity index (χ1v) is 19.7. The van der Waals surface area contributed by atoms with Crippen LogP contribution in [0, 0.1) is 11.8 Å². The third-order valence-corrected chi connectivity index (χ3v) is 9.99. The minimum atomic E-state index is -1.98.